The summed E-state index contributed by atoms with van der Waals surface area (Å²) in [6.07, 6.45) is 6.53. The number of carbonyl (C=O) groups is 1. The lowest BCUT2D eigenvalue weighted by molar-refractivity contribution is 0.0922. The Kier molecular flexibility index (Phi) is 5.91. The van der Waals surface area contributed by atoms with E-state index in [-0.39, 0.29) is 29.5 Å². The van der Waals surface area contributed by atoms with Gasteiger partial charge in [0, 0.05) is 49.8 Å². The fourth-order valence-electron chi connectivity index (χ4n) is 3.46. The molecule has 1 aliphatic carbocycles. The van der Waals surface area contributed by atoms with Crippen LogP contribution < -0.4 is 21.3 Å². The third-order valence-electron chi connectivity index (χ3n) is 5.12. The Morgan fingerprint density at radius 2 is 1.71 bits per heavy atom. The monoisotopic (exact) mass is 384 g/mol. The predicted molar refractivity (Wildman–Crippen MR) is 109 cm³/mol. The first-order chi connectivity index (χ1) is 13.3. The van der Waals surface area contributed by atoms with Crippen molar-refractivity contribution >= 4 is 23.5 Å². The van der Waals surface area contributed by atoms with Crippen LogP contribution in [0.5, 0.6) is 0 Å². The molecule has 0 bridgehead atoms. The smallest absolute Gasteiger partial charge is 0.273 e. The van der Waals surface area contributed by atoms with Crippen molar-refractivity contribution in [3.8, 4) is 0 Å². The minimum Gasteiger partial charge on any atom is -0.382 e. The summed E-state index contributed by atoms with van der Waals surface area (Å²) >= 11 is 0. The molecular weight excluding hydrogens is 356 g/mol. The normalized spacial score (nSPS) is 19.1. The Bertz CT molecular complexity index is 846. The second-order valence-corrected chi connectivity index (χ2v) is 7.43. The van der Waals surface area contributed by atoms with Crippen molar-refractivity contribution in [3.63, 3.8) is 0 Å². The average Bonchev–Trinajstić information content (AvgIpc) is 2.66. The molecule has 1 fully saturated rings. The van der Waals surface area contributed by atoms with Gasteiger partial charge >= 0.3 is 0 Å². The molecule has 0 radical (unpaired) electrons. The van der Waals surface area contributed by atoms with Crippen LogP contribution in [0.25, 0.3) is 0 Å². The van der Waals surface area contributed by atoms with Gasteiger partial charge < -0.3 is 21.3 Å². The highest BCUT2D eigenvalue weighted by Gasteiger charge is 2.25. The summed E-state index contributed by atoms with van der Waals surface area (Å²) in [5, 5.41) is 6.47. The number of nitrogens with two attached hydrogens (primary N) is 1. The molecule has 28 heavy (non-hydrogen) atoms. The van der Waals surface area contributed by atoms with Gasteiger partial charge in [-0.05, 0) is 39.5 Å². The van der Waals surface area contributed by atoms with Crippen LogP contribution in [0.15, 0.2) is 12.4 Å². The Balaban J connectivity index is 1.56. The fraction of sp³-hybridized carbons (Fsp3) is 0.526. The molecule has 2 heterocycles. The topological polar surface area (TPSA) is 122 Å². The molecule has 0 aromatic carbocycles. The fourth-order valence-corrected chi connectivity index (χ4v) is 3.46. The van der Waals surface area contributed by atoms with Crippen molar-refractivity contribution < 1.29 is 4.79 Å². The lowest BCUT2D eigenvalue weighted by Crippen LogP contribution is -2.40. The highest BCUT2D eigenvalue weighted by molar-refractivity contribution is 5.96. The van der Waals surface area contributed by atoms with Crippen LogP contribution in [0.1, 0.15) is 47.4 Å². The summed E-state index contributed by atoms with van der Waals surface area (Å²) in [6.45, 7) is 4.03. The SMILES string of the molecule is Cc1nc(N[C@H]2CC[C@@H](NC(=O)c3nccnc3N)CC2)nc(N(C)C)c1C. The van der Waals surface area contributed by atoms with Gasteiger partial charge in [0.25, 0.3) is 5.91 Å². The van der Waals surface area contributed by atoms with E-state index >= 15 is 0 Å². The Labute approximate surface area is 165 Å². The van der Waals surface area contributed by atoms with Crippen molar-refractivity contribution in [2.24, 2.45) is 0 Å². The molecule has 0 atom stereocenters. The van der Waals surface area contributed by atoms with Crippen molar-refractivity contribution in [2.75, 3.05) is 30.0 Å². The third-order valence-corrected chi connectivity index (χ3v) is 5.12. The molecule has 0 unspecified atom stereocenters. The molecule has 150 valence electrons. The van der Waals surface area contributed by atoms with Crippen LogP contribution in [-0.2, 0) is 0 Å². The number of amides is 1. The summed E-state index contributed by atoms with van der Waals surface area (Å²) in [7, 11) is 3.96. The number of nitrogens with zero attached hydrogens (tertiary/aromatic N) is 5. The van der Waals surface area contributed by atoms with Gasteiger partial charge in [0.05, 0.1) is 0 Å². The molecule has 1 amide bonds. The molecular formula is C19H28N8O. The molecule has 2 aromatic rings. The second-order valence-electron chi connectivity index (χ2n) is 7.43. The van der Waals surface area contributed by atoms with Gasteiger partial charge in [0.15, 0.2) is 11.5 Å². The maximum absolute atomic E-state index is 12.3. The van der Waals surface area contributed by atoms with Gasteiger partial charge in [-0.25, -0.2) is 15.0 Å². The number of aromatic nitrogens is 4. The van der Waals surface area contributed by atoms with Gasteiger partial charge in [0.2, 0.25) is 5.95 Å². The van der Waals surface area contributed by atoms with Crippen molar-refractivity contribution in [1.82, 2.24) is 25.3 Å². The Hall–Kier alpha value is -2.97. The van der Waals surface area contributed by atoms with E-state index in [0.29, 0.717) is 5.95 Å². The highest BCUT2D eigenvalue weighted by atomic mass is 16.2. The molecule has 1 saturated carbocycles. The largest absolute Gasteiger partial charge is 0.382 e. The molecule has 3 rings (SSSR count). The third kappa shape index (κ3) is 4.47. The summed E-state index contributed by atoms with van der Waals surface area (Å²) in [4.78, 5) is 31.5. The van der Waals surface area contributed by atoms with Crippen LogP contribution in [0.4, 0.5) is 17.6 Å². The van der Waals surface area contributed by atoms with Crippen LogP contribution >= 0.6 is 0 Å². The summed E-state index contributed by atoms with van der Waals surface area (Å²) < 4.78 is 0. The number of carbonyl (C=O) groups excluding carboxylic acids is 1. The summed E-state index contributed by atoms with van der Waals surface area (Å²) in [5.41, 5.74) is 7.98. The molecule has 4 N–H and O–H groups in total. The summed E-state index contributed by atoms with van der Waals surface area (Å²) in [5.74, 6) is 1.47. The van der Waals surface area contributed by atoms with Crippen molar-refractivity contribution in [3.05, 3.63) is 29.3 Å². The minimum absolute atomic E-state index is 0.102. The van der Waals surface area contributed by atoms with Crippen LogP contribution in [0.3, 0.4) is 0 Å². The van der Waals surface area contributed by atoms with E-state index in [0.717, 1.165) is 42.8 Å². The Morgan fingerprint density at radius 3 is 2.36 bits per heavy atom. The van der Waals surface area contributed by atoms with Gasteiger partial charge in [-0.15, -0.1) is 0 Å². The number of nitrogens with one attached hydrogen (secondary N) is 2. The quantitative estimate of drug-likeness (QED) is 0.712. The van der Waals surface area contributed by atoms with E-state index < -0.39 is 0 Å². The van der Waals surface area contributed by atoms with Crippen LogP contribution in [-0.4, -0.2) is 52.0 Å². The molecule has 2 aromatic heterocycles. The van der Waals surface area contributed by atoms with Crippen LogP contribution in [0, 0.1) is 13.8 Å². The van der Waals surface area contributed by atoms with Gasteiger partial charge in [-0.3, -0.25) is 4.79 Å². The highest BCUT2D eigenvalue weighted by Crippen LogP contribution is 2.24. The molecule has 0 spiro atoms. The molecule has 0 aliphatic heterocycles. The molecule has 9 nitrogen and oxygen atoms in total. The number of rotatable bonds is 5. The van der Waals surface area contributed by atoms with E-state index in [1.54, 1.807) is 0 Å². The van der Waals surface area contributed by atoms with E-state index in [9.17, 15) is 4.79 Å². The van der Waals surface area contributed by atoms with Crippen LogP contribution in [0.2, 0.25) is 0 Å². The van der Waals surface area contributed by atoms with Gasteiger partial charge in [-0.2, -0.15) is 4.98 Å². The first kappa shape index (κ1) is 19.8. The average molecular weight is 384 g/mol. The van der Waals surface area contributed by atoms with Gasteiger partial charge in [-0.1, -0.05) is 0 Å². The standard InChI is InChI=1S/C19H28N8O/c1-11-12(2)23-19(26-17(11)27(3)4)25-14-7-5-13(6-8-14)24-18(28)15-16(20)22-10-9-21-15/h9-10,13-14H,5-8H2,1-4H3,(H2,20,22)(H,24,28)(H,23,25,26)/t13-,14+. The summed E-state index contributed by atoms with van der Waals surface area (Å²) in [6, 6.07) is 0.386. The zero-order valence-corrected chi connectivity index (χ0v) is 16.9. The van der Waals surface area contributed by atoms with E-state index in [2.05, 4.69) is 30.6 Å². The lowest BCUT2D eigenvalue weighted by Gasteiger charge is -2.30. The maximum Gasteiger partial charge on any atom is 0.273 e. The zero-order valence-electron chi connectivity index (χ0n) is 16.9. The molecule has 1 aliphatic rings. The number of hydrogen-bond acceptors (Lipinski definition) is 8. The maximum atomic E-state index is 12.3. The Morgan fingerprint density at radius 1 is 1.07 bits per heavy atom. The molecule has 0 saturated heterocycles. The van der Waals surface area contributed by atoms with E-state index in [1.165, 1.54) is 12.4 Å². The second kappa shape index (κ2) is 8.37. The predicted octanol–water partition coefficient (Wildman–Crippen LogP) is 1.68. The van der Waals surface area contributed by atoms with Gasteiger partial charge in [0.1, 0.15) is 5.82 Å². The lowest BCUT2D eigenvalue weighted by atomic mass is 9.91. The number of nitrogen functional groups attached to an aromatic ring is 1. The first-order valence-corrected chi connectivity index (χ1v) is 9.51. The first-order valence-electron chi connectivity index (χ1n) is 9.51. The minimum atomic E-state index is -0.268. The van der Waals surface area contributed by atoms with Crippen molar-refractivity contribution in [2.45, 2.75) is 51.6 Å². The number of aryl methyl sites for hydroxylation is 1. The van der Waals surface area contributed by atoms with Crippen molar-refractivity contribution in [1.29, 1.82) is 0 Å². The number of anilines is 3. The number of hydrogen-bond donors (Lipinski definition) is 3. The van der Waals surface area contributed by atoms with E-state index in [1.807, 2.05) is 32.8 Å². The molecule has 9 heteroatoms. The van der Waals surface area contributed by atoms with E-state index in [4.69, 9.17) is 5.73 Å². The zero-order chi connectivity index (χ0) is 20.3.